The molecule has 1 aliphatic heterocycles. The number of anilines is 3. The van der Waals surface area contributed by atoms with Gasteiger partial charge in [0.15, 0.2) is 0 Å². The van der Waals surface area contributed by atoms with Gasteiger partial charge in [-0.15, -0.1) is 10.2 Å². The van der Waals surface area contributed by atoms with Gasteiger partial charge in [0.1, 0.15) is 16.9 Å². The van der Waals surface area contributed by atoms with Gasteiger partial charge in [0.05, 0.1) is 22.4 Å². The Balaban J connectivity index is 1.30. The zero-order valence-corrected chi connectivity index (χ0v) is 23.3. The van der Waals surface area contributed by atoms with E-state index in [0.29, 0.717) is 0 Å². The number of hydrogen-bond acceptors (Lipinski definition) is 4. The van der Waals surface area contributed by atoms with Crippen LogP contribution in [-0.2, 0) is 12.8 Å². The summed E-state index contributed by atoms with van der Waals surface area (Å²) in [7, 11) is 0. The smallest absolute Gasteiger partial charge is 0.137 e. The van der Waals surface area contributed by atoms with Crippen molar-refractivity contribution in [3.05, 3.63) is 145 Å². The molecule has 0 atom stereocenters. The molecule has 0 amide bonds. The van der Waals surface area contributed by atoms with E-state index in [1.165, 1.54) is 27.6 Å². The van der Waals surface area contributed by atoms with Crippen LogP contribution in [0.25, 0.3) is 44.3 Å². The Labute approximate surface area is 248 Å². The predicted molar refractivity (Wildman–Crippen MR) is 173 cm³/mol. The highest BCUT2D eigenvalue weighted by atomic mass is 15.5. The predicted octanol–water partition coefficient (Wildman–Crippen LogP) is 8.48. The zero-order chi connectivity index (χ0) is 28.3. The number of benzene rings is 5. The molecule has 5 aromatic carbocycles. The summed E-state index contributed by atoms with van der Waals surface area (Å²) >= 11 is 0. The van der Waals surface area contributed by atoms with E-state index in [1.807, 2.05) is 42.6 Å². The van der Waals surface area contributed by atoms with Gasteiger partial charge in [-0.3, -0.25) is 4.57 Å². The molecule has 43 heavy (non-hydrogen) atoms. The van der Waals surface area contributed by atoms with E-state index in [4.69, 9.17) is 15.2 Å². The summed E-state index contributed by atoms with van der Waals surface area (Å²) in [5.41, 5.74) is 11.0. The van der Waals surface area contributed by atoms with Crippen molar-refractivity contribution in [2.24, 2.45) is 0 Å². The van der Waals surface area contributed by atoms with Gasteiger partial charge in [0, 0.05) is 28.3 Å². The zero-order valence-electron chi connectivity index (χ0n) is 23.3. The fourth-order valence-corrected chi connectivity index (χ4v) is 6.52. The first-order valence-electron chi connectivity index (χ1n) is 14.6. The van der Waals surface area contributed by atoms with Crippen LogP contribution in [0.2, 0.25) is 0 Å². The van der Waals surface area contributed by atoms with Crippen LogP contribution in [0.15, 0.2) is 134 Å². The van der Waals surface area contributed by atoms with E-state index in [-0.39, 0.29) is 0 Å². The average molecular weight is 555 g/mol. The highest BCUT2D eigenvalue weighted by molar-refractivity contribution is 6.10. The molecule has 9 rings (SSSR count). The molecule has 6 nitrogen and oxygen atoms in total. The monoisotopic (exact) mass is 554 g/mol. The van der Waals surface area contributed by atoms with Crippen molar-refractivity contribution < 1.29 is 0 Å². The van der Waals surface area contributed by atoms with E-state index >= 15 is 0 Å². The summed E-state index contributed by atoms with van der Waals surface area (Å²) in [4.78, 5) is 8.91. The number of rotatable bonds is 3. The van der Waals surface area contributed by atoms with Crippen molar-refractivity contribution in [3.8, 4) is 11.5 Å². The normalized spacial score (nSPS) is 12.9. The molecule has 6 heteroatoms. The number of pyridine rings is 1. The lowest BCUT2D eigenvalue weighted by molar-refractivity contribution is 0.765. The molecule has 0 spiro atoms. The molecule has 204 valence electrons. The van der Waals surface area contributed by atoms with Gasteiger partial charge in [-0.05, 0) is 84.6 Å². The maximum Gasteiger partial charge on any atom is 0.137 e. The van der Waals surface area contributed by atoms with Gasteiger partial charge < -0.3 is 4.90 Å². The molecule has 1 aliphatic rings. The minimum absolute atomic E-state index is 0.882. The first kappa shape index (κ1) is 23.9. The number of hydrogen-bond donors (Lipinski definition) is 0. The molecule has 0 saturated heterocycles. The van der Waals surface area contributed by atoms with E-state index < -0.39 is 0 Å². The maximum atomic E-state index is 4.78. The lowest BCUT2D eigenvalue weighted by atomic mass is 10.0. The number of aryl methyl sites for hydroxylation is 2. The van der Waals surface area contributed by atoms with Crippen molar-refractivity contribution in [2.45, 2.75) is 12.8 Å². The van der Waals surface area contributed by atoms with Gasteiger partial charge in [-0.25, -0.2) is 4.98 Å². The Hall–Kier alpha value is -5.75. The quantitative estimate of drug-likeness (QED) is 0.220. The summed E-state index contributed by atoms with van der Waals surface area (Å²) in [6, 6.07) is 44.8. The third-order valence-electron chi connectivity index (χ3n) is 8.52. The highest BCUT2D eigenvalue weighted by Gasteiger charge is 2.24. The second kappa shape index (κ2) is 9.39. The van der Waals surface area contributed by atoms with Gasteiger partial charge in [-0.2, -0.15) is 4.80 Å². The molecule has 0 saturated carbocycles. The van der Waals surface area contributed by atoms with Crippen LogP contribution in [0.1, 0.15) is 11.1 Å². The van der Waals surface area contributed by atoms with Crippen LogP contribution in [-0.4, -0.2) is 24.5 Å². The second-order valence-electron chi connectivity index (χ2n) is 11.0. The second-order valence-corrected chi connectivity index (χ2v) is 11.0. The summed E-state index contributed by atoms with van der Waals surface area (Å²) < 4.78 is 2.27. The highest BCUT2D eigenvalue weighted by Crippen LogP contribution is 2.44. The Morgan fingerprint density at radius 2 is 1.21 bits per heavy atom. The van der Waals surface area contributed by atoms with Crippen LogP contribution in [0.5, 0.6) is 0 Å². The Morgan fingerprint density at radius 3 is 2.05 bits per heavy atom. The number of fused-ring (bicyclic) bond motifs is 6. The SMILES string of the molecule is c1ccc(-n2c3ccccc3c3ccc(N4c5ccccc5CCc5ccc(-n6nc7ccccc7n6)cc54)cc32)nc1. The minimum Gasteiger partial charge on any atom is -0.310 e. The number of aromatic nitrogens is 5. The van der Waals surface area contributed by atoms with Gasteiger partial charge >= 0.3 is 0 Å². The molecule has 0 unspecified atom stereocenters. The lowest BCUT2D eigenvalue weighted by Gasteiger charge is -2.28. The van der Waals surface area contributed by atoms with Gasteiger partial charge in [0.25, 0.3) is 0 Å². The van der Waals surface area contributed by atoms with E-state index in [9.17, 15) is 0 Å². The summed E-state index contributed by atoms with van der Waals surface area (Å²) in [5.74, 6) is 0.904. The number of para-hydroxylation sites is 2. The van der Waals surface area contributed by atoms with Crippen LogP contribution in [0.4, 0.5) is 17.1 Å². The third kappa shape index (κ3) is 3.77. The van der Waals surface area contributed by atoms with E-state index in [1.54, 1.807) is 4.80 Å². The van der Waals surface area contributed by atoms with Crippen LogP contribution in [0.3, 0.4) is 0 Å². The molecule has 0 aliphatic carbocycles. The van der Waals surface area contributed by atoms with Gasteiger partial charge in [-0.1, -0.05) is 66.7 Å². The molecule has 0 fully saturated rings. The molecular weight excluding hydrogens is 528 g/mol. The van der Waals surface area contributed by atoms with Crippen molar-refractivity contribution in [1.82, 2.24) is 24.5 Å². The standard InChI is InChI=1S/C37H26N6/c1-5-13-33-25(9-1)16-17-26-18-19-28(43-39-31-11-3-4-12-32(31)40-43)24-35(26)41(33)27-20-21-30-29-10-2-6-14-34(29)42(36(30)23-27)37-15-7-8-22-38-37/h1-15,18-24H,16-17H2. The van der Waals surface area contributed by atoms with Crippen molar-refractivity contribution in [3.63, 3.8) is 0 Å². The lowest BCUT2D eigenvalue weighted by Crippen LogP contribution is -2.13. The van der Waals surface area contributed by atoms with Crippen molar-refractivity contribution >= 4 is 49.9 Å². The van der Waals surface area contributed by atoms with E-state index in [2.05, 4.69) is 100 Å². The van der Waals surface area contributed by atoms with E-state index in [0.717, 1.165) is 57.8 Å². The molecule has 8 aromatic rings. The number of nitrogens with zero attached hydrogens (tertiary/aromatic N) is 6. The largest absolute Gasteiger partial charge is 0.310 e. The minimum atomic E-state index is 0.882. The Bertz CT molecular complexity index is 2280. The fourth-order valence-electron chi connectivity index (χ4n) is 6.52. The summed E-state index contributed by atoms with van der Waals surface area (Å²) in [5, 5.41) is 12.0. The molecule has 0 N–H and O–H groups in total. The Morgan fingerprint density at radius 1 is 0.512 bits per heavy atom. The average Bonchev–Trinajstić information content (AvgIpc) is 3.59. The van der Waals surface area contributed by atoms with Crippen molar-refractivity contribution in [1.29, 1.82) is 0 Å². The Kier molecular flexibility index (Phi) is 5.22. The summed E-state index contributed by atoms with van der Waals surface area (Å²) in [6.07, 6.45) is 3.78. The van der Waals surface area contributed by atoms with Crippen LogP contribution in [0, 0.1) is 0 Å². The van der Waals surface area contributed by atoms with Crippen LogP contribution < -0.4 is 4.90 Å². The van der Waals surface area contributed by atoms with Crippen molar-refractivity contribution in [2.75, 3.05) is 4.90 Å². The summed E-state index contributed by atoms with van der Waals surface area (Å²) in [6.45, 7) is 0. The molecular formula is C37H26N6. The molecule has 4 heterocycles. The fraction of sp³-hybridized carbons (Fsp3) is 0.0541. The maximum absolute atomic E-state index is 4.78. The molecule has 0 bridgehead atoms. The van der Waals surface area contributed by atoms with Crippen LogP contribution >= 0.6 is 0 Å². The topological polar surface area (TPSA) is 51.8 Å². The molecule has 3 aromatic heterocycles. The molecule has 0 radical (unpaired) electrons. The third-order valence-corrected chi connectivity index (χ3v) is 8.52. The first-order valence-corrected chi connectivity index (χ1v) is 14.6. The van der Waals surface area contributed by atoms with Gasteiger partial charge in [0.2, 0.25) is 0 Å². The first-order chi connectivity index (χ1) is 21.3.